The van der Waals surface area contributed by atoms with E-state index in [-0.39, 0.29) is 17.0 Å². The molecule has 0 saturated heterocycles. The van der Waals surface area contributed by atoms with Crippen LogP contribution in [0.25, 0.3) is 0 Å². The summed E-state index contributed by atoms with van der Waals surface area (Å²) in [5.41, 5.74) is 6.93. The minimum absolute atomic E-state index is 0.00614. The first kappa shape index (κ1) is 16.0. The summed E-state index contributed by atoms with van der Waals surface area (Å²) >= 11 is 1.48. The van der Waals surface area contributed by atoms with Gasteiger partial charge < -0.3 is 16.4 Å². The molecule has 0 fully saturated rings. The van der Waals surface area contributed by atoms with Gasteiger partial charge in [-0.1, -0.05) is 6.92 Å². The average Bonchev–Trinajstić information content (AvgIpc) is 2.65. The molecule has 6 heteroatoms. The number of anilines is 1. The third-order valence-corrected chi connectivity index (χ3v) is 5.28. The molecular weight excluding hydrogens is 286 g/mol. The molecule has 1 aliphatic rings. The lowest BCUT2D eigenvalue weighted by Gasteiger charge is -2.38. The van der Waals surface area contributed by atoms with Crippen LogP contribution >= 0.6 is 11.3 Å². The van der Waals surface area contributed by atoms with E-state index in [0.717, 1.165) is 16.9 Å². The van der Waals surface area contributed by atoms with Gasteiger partial charge in [0, 0.05) is 12.8 Å². The van der Waals surface area contributed by atoms with Gasteiger partial charge in [-0.2, -0.15) is 0 Å². The maximum absolute atomic E-state index is 11.9. The van der Waals surface area contributed by atoms with Crippen LogP contribution in [0.4, 0.5) is 5.00 Å². The number of rotatable bonds is 3. The van der Waals surface area contributed by atoms with Crippen LogP contribution in [0.3, 0.4) is 0 Å². The van der Waals surface area contributed by atoms with Gasteiger partial charge in [0.25, 0.3) is 5.91 Å². The number of hydrogen-bond donors (Lipinski definition) is 3. The number of quaternary nitrogens is 1. The molecule has 1 aromatic rings. The first-order chi connectivity index (χ1) is 9.57. The smallest absolute Gasteiger partial charge is 0.252 e. The number of thiophene rings is 1. The summed E-state index contributed by atoms with van der Waals surface area (Å²) < 4.78 is 0. The molecule has 0 saturated carbocycles. The van der Waals surface area contributed by atoms with Gasteiger partial charge in [0.05, 0.1) is 16.0 Å². The third kappa shape index (κ3) is 2.96. The van der Waals surface area contributed by atoms with Crippen LogP contribution in [-0.4, -0.2) is 17.4 Å². The lowest BCUT2D eigenvalue weighted by Crippen LogP contribution is -3.03. The quantitative estimate of drug-likeness (QED) is 0.786. The SMILES string of the molecule is CCC(=O)Nc1sc2c(c1C(N)=O)CC(C)(C)[NH2+]C2(C)C. The summed E-state index contributed by atoms with van der Waals surface area (Å²) in [6, 6.07) is 0. The zero-order chi connectivity index (χ0) is 16.0. The first-order valence-corrected chi connectivity index (χ1v) is 8.02. The fraction of sp³-hybridized carbons (Fsp3) is 0.600. The molecule has 21 heavy (non-hydrogen) atoms. The Morgan fingerprint density at radius 3 is 2.48 bits per heavy atom. The van der Waals surface area contributed by atoms with Crippen molar-refractivity contribution in [2.45, 2.75) is 58.5 Å². The van der Waals surface area contributed by atoms with E-state index in [1.165, 1.54) is 11.3 Å². The maximum atomic E-state index is 11.9. The van der Waals surface area contributed by atoms with Crippen molar-refractivity contribution < 1.29 is 14.9 Å². The van der Waals surface area contributed by atoms with Crippen molar-refractivity contribution in [2.24, 2.45) is 5.73 Å². The first-order valence-electron chi connectivity index (χ1n) is 7.20. The lowest BCUT2D eigenvalue weighted by atomic mass is 9.81. The van der Waals surface area contributed by atoms with Gasteiger partial charge in [-0.3, -0.25) is 9.59 Å². The number of primary amides is 1. The van der Waals surface area contributed by atoms with Gasteiger partial charge in [-0.05, 0) is 33.3 Å². The fourth-order valence-corrected chi connectivity index (χ4v) is 4.58. The number of carbonyl (C=O) groups excluding carboxylic acids is 2. The van der Waals surface area contributed by atoms with E-state index < -0.39 is 5.91 Å². The molecule has 0 aliphatic carbocycles. The molecule has 2 rings (SSSR count). The van der Waals surface area contributed by atoms with Gasteiger partial charge in [0.1, 0.15) is 10.5 Å². The Balaban J connectivity index is 2.60. The van der Waals surface area contributed by atoms with Crippen molar-refractivity contribution in [1.82, 2.24) is 0 Å². The highest BCUT2D eigenvalue weighted by atomic mass is 32.1. The minimum Gasteiger partial charge on any atom is -0.365 e. The predicted octanol–water partition coefficient (Wildman–Crippen LogP) is 1.33. The highest BCUT2D eigenvalue weighted by Crippen LogP contribution is 2.41. The van der Waals surface area contributed by atoms with E-state index in [9.17, 15) is 9.59 Å². The topological polar surface area (TPSA) is 88.8 Å². The summed E-state index contributed by atoms with van der Waals surface area (Å²) in [7, 11) is 0. The van der Waals surface area contributed by atoms with Crippen molar-refractivity contribution >= 4 is 28.2 Å². The molecule has 0 spiro atoms. The maximum Gasteiger partial charge on any atom is 0.252 e. The second-order valence-corrected chi connectivity index (χ2v) is 7.93. The zero-order valence-electron chi connectivity index (χ0n) is 13.3. The van der Waals surface area contributed by atoms with Crippen molar-refractivity contribution in [1.29, 1.82) is 0 Å². The number of hydrogen-bond acceptors (Lipinski definition) is 3. The Bertz CT molecular complexity index is 602. The van der Waals surface area contributed by atoms with E-state index in [1.54, 1.807) is 6.92 Å². The van der Waals surface area contributed by atoms with Gasteiger partial charge in [-0.15, -0.1) is 11.3 Å². The molecule has 2 heterocycles. The third-order valence-electron chi connectivity index (χ3n) is 3.80. The lowest BCUT2D eigenvalue weighted by molar-refractivity contribution is -0.789. The number of nitrogens with two attached hydrogens (primary N) is 2. The molecule has 1 aliphatic heterocycles. The van der Waals surface area contributed by atoms with Crippen LogP contribution in [0.15, 0.2) is 0 Å². The molecule has 116 valence electrons. The van der Waals surface area contributed by atoms with Crippen LogP contribution in [0.5, 0.6) is 0 Å². The molecule has 0 aromatic carbocycles. The van der Waals surface area contributed by atoms with Crippen molar-refractivity contribution in [3.63, 3.8) is 0 Å². The van der Waals surface area contributed by atoms with Crippen LogP contribution in [0.2, 0.25) is 0 Å². The van der Waals surface area contributed by atoms with Crippen LogP contribution in [0.1, 0.15) is 61.8 Å². The highest BCUT2D eigenvalue weighted by Gasteiger charge is 2.44. The van der Waals surface area contributed by atoms with E-state index in [4.69, 9.17) is 5.73 Å². The van der Waals surface area contributed by atoms with Crippen LogP contribution in [-0.2, 0) is 16.8 Å². The standard InChI is InChI=1S/C15H23N3O2S/c1-6-9(19)17-13-10(12(16)20)8-7-14(2,3)18-15(4,5)11(8)21-13/h18H,6-7H2,1-5H3,(H2,16,20)(H,17,19)/p+1. The summed E-state index contributed by atoms with van der Waals surface area (Å²) in [5.74, 6) is -0.565. The van der Waals surface area contributed by atoms with Crippen molar-refractivity contribution in [2.75, 3.05) is 5.32 Å². The molecule has 5 N–H and O–H groups in total. The normalized spacial score (nSPS) is 18.9. The number of carbonyl (C=O) groups is 2. The zero-order valence-corrected chi connectivity index (χ0v) is 14.1. The second kappa shape index (κ2) is 5.10. The molecule has 0 bridgehead atoms. The number of nitrogens with one attached hydrogen (secondary N) is 1. The molecule has 0 unspecified atom stereocenters. The number of fused-ring (bicyclic) bond motifs is 1. The molecule has 0 atom stereocenters. The molecular formula is C15H24N3O2S+. The molecule has 5 nitrogen and oxygen atoms in total. The van der Waals surface area contributed by atoms with E-state index in [2.05, 4.69) is 38.3 Å². The van der Waals surface area contributed by atoms with Crippen molar-refractivity contribution in [3.8, 4) is 0 Å². The highest BCUT2D eigenvalue weighted by molar-refractivity contribution is 7.17. The Labute approximate surface area is 129 Å². The average molecular weight is 310 g/mol. The number of amides is 2. The largest absolute Gasteiger partial charge is 0.365 e. The summed E-state index contributed by atoms with van der Waals surface area (Å²) in [6.45, 7) is 10.4. The Kier molecular flexibility index (Phi) is 3.88. The van der Waals surface area contributed by atoms with Crippen LogP contribution < -0.4 is 16.4 Å². The Morgan fingerprint density at radius 1 is 1.33 bits per heavy atom. The van der Waals surface area contributed by atoms with E-state index in [0.29, 0.717) is 17.0 Å². The molecule has 2 amide bonds. The Morgan fingerprint density at radius 2 is 1.95 bits per heavy atom. The van der Waals surface area contributed by atoms with E-state index in [1.807, 2.05) is 0 Å². The molecule has 0 radical (unpaired) electrons. The van der Waals surface area contributed by atoms with Gasteiger partial charge in [-0.25, -0.2) is 0 Å². The summed E-state index contributed by atoms with van der Waals surface area (Å²) in [4.78, 5) is 24.7. The van der Waals surface area contributed by atoms with Gasteiger partial charge in [0.2, 0.25) is 5.91 Å². The molecule has 1 aromatic heterocycles. The van der Waals surface area contributed by atoms with Crippen molar-refractivity contribution in [3.05, 3.63) is 16.0 Å². The van der Waals surface area contributed by atoms with Crippen LogP contribution in [0, 0.1) is 0 Å². The Hall–Kier alpha value is -1.40. The predicted molar refractivity (Wildman–Crippen MR) is 84.5 cm³/mol. The van der Waals surface area contributed by atoms with Gasteiger partial charge in [0.15, 0.2) is 0 Å². The second-order valence-electron chi connectivity index (χ2n) is 6.91. The summed E-state index contributed by atoms with van der Waals surface area (Å²) in [5, 5.41) is 5.74. The van der Waals surface area contributed by atoms with Gasteiger partial charge >= 0.3 is 0 Å². The fourth-order valence-electron chi connectivity index (χ4n) is 3.27. The monoisotopic (exact) mass is 310 g/mol. The summed E-state index contributed by atoms with van der Waals surface area (Å²) in [6.07, 6.45) is 1.14. The minimum atomic E-state index is -0.465. The van der Waals surface area contributed by atoms with E-state index >= 15 is 0 Å².